The van der Waals surface area contributed by atoms with Gasteiger partial charge in [-0.3, -0.25) is 19.2 Å². The highest BCUT2D eigenvalue weighted by atomic mass is 35.5. The Balaban J connectivity index is 1.34. The summed E-state index contributed by atoms with van der Waals surface area (Å²) in [5.74, 6) is -3.07. The number of hydrogen-bond donors (Lipinski definition) is 2. The number of carbonyl (C=O) groups is 3. The first-order valence-corrected chi connectivity index (χ1v) is 15.3. The second-order valence-corrected chi connectivity index (χ2v) is 12.6. The zero-order valence-corrected chi connectivity index (χ0v) is 25.4. The van der Waals surface area contributed by atoms with E-state index in [1.807, 2.05) is 0 Å². The van der Waals surface area contributed by atoms with Crippen LogP contribution in [0.4, 0.5) is 24.5 Å². The third kappa shape index (κ3) is 5.80. The van der Waals surface area contributed by atoms with Crippen molar-refractivity contribution < 1.29 is 37.0 Å². The van der Waals surface area contributed by atoms with E-state index in [4.69, 9.17) is 21.1 Å². The van der Waals surface area contributed by atoms with Gasteiger partial charge in [0.1, 0.15) is 16.7 Å². The first kappa shape index (κ1) is 30.7. The molecule has 1 saturated heterocycles. The first-order chi connectivity index (χ1) is 21.5. The van der Waals surface area contributed by atoms with E-state index in [1.54, 1.807) is 24.3 Å². The topological polar surface area (TPSA) is 118 Å². The fourth-order valence-corrected chi connectivity index (χ4v) is 8.09. The van der Waals surface area contributed by atoms with E-state index in [9.17, 15) is 32.3 Å². The van der Waals surface area contributed by atoms with Crippen molar-refractivity contribution in [2.24, 2.45) is 5.92 Å². The number of benzene rings is 3. The summed E-state index contributed by atoms with van der Waals surface area (Å²) in [5, 5.41) is 1.99. The summed E-state index contributed by atoms with van der Waals surface area (Å²) >= 11 is 8.34. The number of nitrogens with one attached hydrogen (secondary N) is 2. The SMILES string of the molecule is COc1ccc(N2C(=O)C3Sc4[nH]c(=O)sc4C(c4cc(Cl)ccc4OCC(=O)Nc4ccccc4C(F)(F)F)C3C2=O)cc1. The normalized spacial score (nSPS) is 19.2. The Kier molecular flexibility index (Phi) is 8.14. The lowest BCUT2D eigenvalue weighted by molar-refractivity contribution is -0.137. The maximum absolute atomic E-state index is 14.0. The number of rotatable bonds is 7. The van der Waals surface area contributed by atoms with Gasteiger partial charge in [-0.15, -0.1) is 0 Å². The average molecular weight is 676 g/mol. The number of thioether (sulfide) groups is 1. The largest absolute Gasteiger partial charge is 0.497 e. The lowest BCUT2D eigenvalue weighted by Gasteiger charge is -2.31. The quantitative estimate of drug-likeness (QED) is 0.233. The van der Waals surface area contributed by atoms with E-state index in [0.717, 1.165) is 40.1 Å². The fraction of sp³-hybridized carbons (Fsp3) is 0.200. The lowest BCUT2D eigenvalue weighted by Crippen LogP contribution is -2.32. The zero-order chi connectivity index (χ0) is 32.0. The van der Waals surface area contributed by atoms with Crippen molar-refractivity contribution in [3.8, 4) is 11.5 Å². The molecule has 0 radical (unpaired) electrons. The number of para-hydroxylation sites is 1. The van der Waals surface area contributed by atoms with Crippen LogP contribution < -0.4 is 24.6 Å². The van der Waals surface area contributed by atoms with E-state index < -0.39 is 63.7 Å². The predicted octanol–water partition coefficient (Wildman–Crippen LogP) is 5.93. The van der Waals surface area contributed by atoms with Crippen molar-refractivity contribution >= 4 is 63.8 Å². The molecule has 3 unspecified atom stereocenters. The molecule has 0 spiro atoms. The minimum absolute atomic E-state index is 0.101. The van der Waals surface area contributed by atoms with Crippen LogP contribution in [0.15, 0.2) is 76.6 Å². The van der Waals surface area contributed by atoms with Gasteiger partial charge in [-0.1, -0.05) is 46.8 Å². The number of H-pyrrole nitrogens is 1. The van der Waals surface area contributed by atoms with Crippen molar-refractivity contribution in [3.05, 3.63) is 97.4 Å². The summed E-state index contributed by atoms with van der Waals surface area (Å²) in [5.41, 5.74) is -0.778. The van der Waals surface area contributed by atoms with E-state index in [1.165, 1.54) is 37.4 Å². The highest BCUT2D eigenvalue weighted by molar-refractivity contribution is 8.00. The number of ether oxygens (including phenoxy) is 2. The van der Waals surface area contributed by atoms with Gasteiger partial charge in [0.25, 0.3) is 5.91 Å². The Morgan fingerprint density at radius 1 is 1.04 bits per heavy atom. The zero-order valence-electron chi connectivity index (χ0n) is 23.0. The number of methoxy groups -OCH3 is 1. The monoisotopic (exact) mass is 675 g/mol. The van der Waals surface area contributed by atoms with Gasteiger partial charge in [-0.25, -0.2) is 4.90 Å². The second-order valence-electron chi connectivity index (χ2n) is 10.0. The van der Waals surface area contributed by atoms with Gasteiger partial charge in [0.2, 0.25) is 11.8 Å². The fourth-order valence-electron chi connectivity index (χ4n) is 5.40. The molecule has 2 aliphatic heterocycles. The summed E-state index contributed by atoms with van der Waals surface area (Å²) < 4.78 is 51.3. The number of anilines is 2. The molecule has 0 aliphatic carbocycles. The van der Waals surface area contributed by atoms with Gasteiger partial charge in [0.15, 0.2) is 6.61 Å². The van der Waals surface area contributed by atoms with Crippen LogP contribution in [0.2, 0.25) is 5.02 Å². The number of amides is 3. The number of halogens is 4. The van der Waals surface area contributed by atoms with Crippen LogP contribution in [0, 0.1) is 5.92 Å². The first-order valence-electron chi connectivity index (χ1n) is 13.3. The minimum atomic E-state index is -4.69. The summed E-state index contributed by atoms with van der Waals surface area (Å²) in [6.07, 6.45) is -4.69. The number of hydrogen-bond acceptors (Lipinski definition) is 8. The van der Waals surface area contributed by atoms with Gasteiger partial charge in [-0.2, -0.15) is 13.2 Å². The molecule has 2 aliphatic rings. The Labute approximate surface area is 266 Å². The van der Waals surface area contributed by atoms with Crippen LogP contribution in [0.5, 0.6) is 11.5 Å². The van der Waals surface area contributed by atoms with Gasteiger partial charge >= 0.3 is 11.0 Å². The summed E-state index contributed by atoms with van der Waals surface area (Å²) in [7, 11) is 1.49. The molecule has 3 heterocycles. The molecule has 15 heteroatoms. The molecular weight excluding hydrogens is 655 g/mol. The summed E-state index contributed by atoms with van der Waals surface area (Å²) in [4.78, 5) is 56.9. The third-order valence-corrected chi connectivity index (χ3v) is 9.96. The Hall–Kier alpha value is -4.27. The minimum Gasteiger partial charge on any atom is -0.497 e. The summed E-state index contributed by atoms with van der Waals surface area (Å²) in [6, 6.07) is 15.4. The Morgan fingerprint density at radius 2 is 1.78 bits per heavy atom. The standard InChI is InChI=1S/C30H21ClF3N3O6S2/c1-42-16-9-7-15(8-10-16)37-27(39)23-22(24-26(36-29(41)45-24)44-25(23)28(37)40)17-12-14(31)6-11-20(17)43-13-21(38)35-19-5-3-2-4-18(19)30(32,33)34/h2-12,22-23,25H,13H2,1H3,(H,35,38)(H,36,41). The van der Waals surface area contributed by atoms with E-state index in [-0.39, 0.29) is 10.8 Å². The van der Waals surface area contributed by atoms with Gasteiger partial charge in [-0.05, 0) is 54.6 Å². The van der Waals surface area contributed by atoms with Crippen molar-refractivity contribution in [2.45, 2.75) is 22.4 Å². The second kappa shape index (κ2) is 11.9. The van der Waals surface area contributed by atoms with E-state index in [0.29, 0.717) is 26.9 Å². The van der Waals surface area contributed by atoms with Crippen LogP contribution in [0.25, 0.3) is 0 Å². The highest BCUT2D eigenvalue weighted by Gasteiger charge is 2.57. The van der Waals surface area contributed by atoms with Gasteiger partial charge in [0, 0.05) is 21.4 Å². The molecule has 0 bridgehead atoms. The number of aromatic nitrogens is 1. The molecule has 3 amide bonds. The number of aromatic amines is 1. The van der Waals surface area contributed by atoms with Crippen LogP contribution in [0.1, 0.15) is 21.9 Å². The molecule has 1 fully saturated rings. The lowest BCUT2D eigenvalue weighted by atomic mass is 9.82. The molecule has 1 aromatic heterocycles. The number of imide groups is 1. The van der Waals surface area contributed by atoms with Crippen LogP contribution in [-0.2, 0) is 20.6 Å². The van der Waals surface area contributed by atoms with Crippen molar-refractivity contribution in [3.63, 3.8) is 0 Å². The number of nitrogens with zero attached hydrogens (tertiary/aromatic N) is 1. The molecule has 232 valence electrons. The van der Waals surface area contributed by atoms with Crippen LogP contribution in [-0.4, -0.2) is 41.7 Å². The highest BCUT2D eigenvalue weighted by Crippen LogP contribution is 2.54. The maximum atomic E-state index is 14.0. The molecule has 45 heavy (non-hydrogen) atoms. The Morgan fingerprint density at radius 3 is 2.49 bits per heavy atom. The summed E-state index contributed by atoms with van der Waals surface area (Å²) in [6.45, 7) is -0.683. The molecule has 0 saturated carbocycles. The van der Waals surface area contributed by atoms with Crippen molar-refractivity contribution in [2.75, 3.05) is 23.9 Å². The van der Waals surface area contributed by atoms with E-state index in [2.05, 4.69) is 10.3 Å². The number of thiazole rings is 1. The van der Waals surface area contributed by atoms with Gasteiger partial charge < -0.3 is 19.8 Å². The molecule has 4 aromatic rings. The molecule has 3 atom stereocenters. The number of fused-ring (bicyclic) bond motifs is 2. The molecular formula is C30H21ClF3N3O6S2. The Bertz CT molecular complexity index is 1880. The van der Waals surface area contributed by atoms with Gasteiger partial charge in [0.05, 0.1) is 35.0 Å². The van der Waals surface area contributed by atoms with Crippen LogP contribution in [0.3, 0.4) is 0 Å². The van der Waals surface area contributed by atoms with Crippen molar-refractivity contribution in [1.29, 1.82) is 0 Å². The van der Waals surface area contributed by atoms with Crippen LogP contribution >= 0.6 is 34.7 Å². The third-order valence-electron chi connectivity index (χ3n) is 7.33. The molecule has 9 nitrogen and oxygen atoms in total. The van der Waals surface area contributed by atoms with Crippen molar-refractivity contribution in [1.82, 2.24) is 4.98 Å². The maximum Gasteiger partial charge on any atom is 0.418 e. The number of carbonyl (C=O) groups excluding carboxylic acids is 3. The molecule has 2 N–H and O–H groups in total. The smallest absolute Gasteiger partial charge is 0.418 e. The predicted molar refractivity (Wildman–Crippen MR) is 162 cm³/mol. The molecule has 3 aromatic carbocycles. The average Bonchev–Trinajstić information content (AvgIpc) is 3.50. The molecule has 6 rings (SSSR count). The number of alkyl halides is 3. The van der Waals surface area contributed by atoms with E-state index >= 15 is 0 Å².